The van der Waals surface area contributed by atoms with Crippen LogP contribution in [-0.2, 0) is 11.8 Å². The van der Waals surface area contributed by atoms with Crippen LogP contribution in [0.4, 0.5) is 5.82 Å². The van der Waals surface area contributed by atoms with Crippen molar-refractivity contribution < 1.29 is 19.0 Å². The number of carbonyl (C=O) groups is 1. The van der Waals surface area contributed by atoms with Crippen molar-refractivity contribution in [2.45, 2.75) is 44.2 Å². The molecule has 2 N–H and O–H groups in total. The third kappa shape index (κ3) is 7.37. The van der Waals surface area contributed by atoms with Crippen LogP contribution in [-0.4, -0.2) is 64.1 Å². The molecule has 0 amide bonds. The van der Waals surface area contributed by atoms with Gasteiger partial charge in [0, 0.05) is 43.5 Å². The van der Waals surface area contributed by atoms with E-state index in [4.69, 9.17) is 14.2 Å². The number of ether oxygens (including phenoxy) is 3. The van der Waals surface area contributed by atoms with E-state index >= 15 is 0 Å². The Kier molecular flexibility index (Phi) is 9.65. The van der Waals surface area contributed by atoms with E-state index in [0.717, 1.165) is 59.9 Å². The lowest BCUT2D eigenvalue weighted by molar-refractivity contribution is 0.0887. The smallest absolute Gasteiger partial charge is 0.282 e. The molecule has 2 aromatic carbocycles. The topological polar surface area (TPSA) is 122 Å². The molecular formula is C36H40N6O5. The Balaban J connectivity index is 0.000000203. The highest BCUT2D eigenvalue weighted by Crippen LogP contribution is 2.47. The number of benzene rings is 2. The van der Waals surface area contributed by atoms with Crippen molar-refractivity contribution in [2.75, 3.05) is 32.1 Å². The molecule has 1 atom stereocenters. The first-order valence-corrected chi connectivity index (χ1v) is 15.9. The van der Waals surface area contributed by atoms with Crippen LogP contribution in [0.2, 0.25) is 0 Å². The average Bonchev–Trinajstić information content (AvgIpc) is 3.68. The highest BCUT2D eigenvalue weighted by Gasteiger charge is 2.49. The Hall–Kier alpha value is -5.00. The summed E-state index contributed by atoms with van der Waals surface area (Å²) >= 11 is 0. The Morgan fingerprint density at radius 3 is 2.55 bits per heavy atom. The first kappa shape index (κ1) is 32.0. The van der Waals surface area contributed by atoms with E-state index in [1.165, 1.54) is 17.5 Å². The quantitative estimate of drug-likeness (QED) is 0.144. The lowest BCUT2D eigenvalue weighted by Gasteiger charge is -2.12. The van der Waals surface area contributed by atoms with E-state index < -0.39 is 0 Å². The van der Waals surface area contributed by atoms with Gasteiger partial charge in [-0.05, 0) is 81.6 Å². The zero-order valence-electron chi connectivity index (χ0n) is 26.9. The molecule has 1 aliphatic heterocycles. The fourth-order valence-corrected chi connectivity index (χ4v) is 5.75. The van der Waals surface area contributed by atoms with Crippen LogP contribution in [0.25, 0.3) is 16.6 Å². The molecule has 1 aliphatic carbocycles. The van der Waals surface area contributed by atoms with Gasteiger partial charge in [-0.2, -0.15) is 0 Å². The summed E-state index contributed by atoms with van der Waals surface area (Å²) in [5.41, 5.74) is 2.44. The van der Waals surface area contributed by atoms with Gasteiger partial charge in [0.25, 0.3) is 5.56 Å². The molecule has 244 valence electrons. The highest BCUT2D eigenvalue weighted by atomic mass is 16.5. The molecule has 11 nitrogen and oxygen atoms in total. The van der Waals surface area contributed by atoms with Gasteiger partial charge in [-0.25, -0.2) is 9.67 Å². The minimum Gasteiger partial charge on any atom is -0.493 e. The molecule has 4 heterocycles. The zero-order chi connectivity index (χ0) is 32.8. The van der Waals surface area contributed by atoms with Gasteiger partial charge in [0.2, 0.25) is 0 Å². The lowest BCUT2D eigenvalue weighted by atomic mass is 10.1. The highest BCUT2D eigenvalue weighted by molar-refractivity contribution is 5.86. The van der Waals surface area contributed by atoms with Crippen molar-refractivity contribution in [3.8, 4) is 22.9 Å². The van der Waals surface area contributed by atoms with E-state index in [0.29, 0.717) is 30.4 Å². The maximum Gasteiger partial charge on any atom is 0.282 e. The monoisotopic (exact) mass is 636 g/mol. The van der Waals surface area contributed by atoms with Gasteiger partial charge >= 0.3 is 0 Å². The first-order chi connectivity index (χ1) is 22.9. The number of anilines is 1. The second-order valence-corrected chi connectivity index (χ2v) is 11.9. The molecule has 47 heavy (non-hydrogen) atoms. The number of nitrogens with one attached hydrogen (secondary N) is 2. The van der Waals surface area contributed by atoms with E-state index in [-0.39, 0.29) is 16.7 Å². The number of nitrogens with zero attached hydrogens (tertiary/aromatic N) is 4. The minimum atomic E-state index is -0.277. The molecule has 2 aliphatic rings. The van der Waals surface area contributed by atoms with Crippen LogP contribution in [0.1, 0.15) is 41.7 Å². The van der Waals surface area contributed by atoms with Gasteiger partial charge in [0.1, 0.15) is 28.6 Å². The molecule has 1 saturated heterocycles. The summed E-state index contributed by atoms with van der Waals surface area (Å²) in [6, 6.07) is 21.3. The summed E-state index contributed by atoms with van der Waals surface area (Å²) in [4.78, 5) is 31.5. The summed E-state index contributed by atoms with van der Waals surface area (Å²) in [5.74, 6) is 3.04. The Labute approximate surface area is 273 Å². The minimum absolute atomic E-state index is 0.214. The van der Waals surface area contributed by atoms with Crippen LogP contribution in [0.3, 0.4) is 0 Å². The Bertz CT molecular complexity index is 1880. The molecular weight excluding hydrogens is 596 g/mol. The number of carbonyl (C=O) groups excluding carboxylic acids is 1. The normalized spacial score (nSPS) is 16.0. The first-order valence-electron chi connectivity index (χ1n) is 15.9. The average molecular weight is 637 g/mol. The largest absolute Gasteiger partial charge is 0.493 e. The summed E-state index contributed by atoms with van der Waals surface area (Å²) in [6.45, 7) is 4.20. The maximum absolute atomic E-state index is 12.0. The Morgan fingerprint density at radius 2 is 1.87 bits per heavy atom. The summed E-state index contributed by atoms with van der Waals surface area (Å²) < 4.78 is 21.0. The van der Waals surface area contributed by atoms with Crippen molar-refractivity contribution in [1.29, 1.82) is 0 Å². The lowest BCUT2D eigenvalue weighted by Crippen LogP contribution is -2.31. The van der Waals surface area contributed by atoms with Gasteiger partial charge in [0.05, 0.1) is 36.2 Å². The van der Waals surface area contributed by atoms with E-state index in [1.807, 2.05) is 73.8 Å². The predicted molar refractivity (Wildman–Crippen MR) is 181 cm³/mol. The molecule has 1 saturated carbocycles. The fourth-order valence-electron chi connectivity index (χ4n) is 5.75. The van der Waals surface area contributed by atoms with Crippen LogP contribution in [0.5, 0.6) is 17.2 Å². The van der Waals surface area contributed by atoms with Crippen LogP contribution in [0, 0.1) is 6.92 Å². The third-order valence-electron chi connectivity index (χ3n) is 8.65. The zero-order valence-corrected chi connectivity index (χ0v) is 26.9. The summed E-state index contributed by atoms with van der Waals surface area (Å²) in [5, 5.41) is 7.52. The molecule has 1 spiro atoms. The summed E-state index contributed by atoms with van der Waals surface area (Å²) in [7, 11) is 3.60. The second-order valence-electron chi connectivity index (χ2n) is 11.9. The number of hydrogen-bond donors (Lipinski definition) is 2. The van der Waals surface area contributed by atoms with Gasteiger partial charge in [0.15, 0.2) is 6.29 Å². The van der Waals surface area contributed by atoms with Gasteiger partial charge in [-0.1, -0.05) is 18.2 Å². The van der Waals surface area contributed by atoms with Crippen LogP contribution >= 0.6 is 0 Å². The standard InChI is InChI=1S/C24H28N4O3.C12H12N2O2/c1-25-23-6-4-19(15-28-23)31-22-7-11-27-21-13-18(3-5-20(21)22)29-12-2-10-26-17-14-24(8-9-24)30-16-17;1-9-11(8-15)12(16)14(13(9)2)10-6-4-3-5-7-10/h3-7,11,13,15,17,26H,2,8-10,12,14,16H2,1H3,(H,25,28);3-8H,1-2H3. The number of hydrogen-bond acceptors (Lipinski definition) is 9. The predicted octanol–water partition coefficient (Wildman–Crippen LogP) is 5.44. The second kappa shape index (κ2) is 14.2. The van der Waals surface area contributed by atoms with Crippen molar-refractivity contribution in [1.82, 2.24) is 24.6 Å². The van der Waals surface area contributed by atoms with Crippen molar-refractivity contribution in [3.63, 3.8) is 0 Å². The van der Waals surface area contributed by atoms with Crippen LogP contribution in [0.15, 0.2) is 83.9 Å². The Morgan fingerprint density at radius 1 is 1.06 bits per heavy atom. The van der Waals surface area contributed by atoms with Gasteiger partial charge < -0.3 is 24.8 Å². The van der Waals surface area contributed by atoms with Crippen molar-refractivity contribution in [3.05, 3.63) is 101 Å². The molecule has 0 radical (unpaired) electrons. The number of fused-ring (bicyclic) bond motifs is 1. The molecule has 3 aromatic heterocycles. The van der Waals surface area contributed by atoms with Crippen LogP contribution < -0.4 is 25.7 Å². The number of rotatable bonds is 11. The number of aldehydes is 1. The van der Waals surface area contributed by atoms with E-state index in [2.05, 4.69) is 20.6 Å². The van der Waals surface area contributed by atoms with Gasteiger partial charge in [-0.3, -0.25) is 19.3 Å². The molecule has 0 bridgehead atoms. The van der Waals surface area contributed by atoms with Crippen molar-refractivity contribution >= 4 is 23.0 Å². The van der Waals surface area contributed by atoms with E-state index in [1.54, 1.807) is 31.0 Å². The van der Waals surface area contributed by atoms with E-state index in [9.17, 15) is 9.59 Å². The number of pyridine rings is 2. The third-order valence-corrected chi connectivity index (χ3v) is 8.65. The molecule has 1 unspecified atom stereocenters. The maximum atomic E-state index is 12.0. The molecule has 2 fully saturated rings. The SMILES string of the molecule is CNc1ccc(Oc2ccnc3cc(OCCCNC4COC5(CC5)C4)ccc23)cn1.Cc1c(C=O)c(=O)n(-c2ccccc2)n1C. The molecule has 11 heteroatoms. The number of aromatic nitrogens is 4. The molecule has 7 rings (SSSR count). The van der Waals surface area contributed by atoms with Gasteiger partial charge in [-0.15, -0.1) is 0 Å². The fraction of sp³-hybridized carbons (Fsp3) is 0.333. The summed E-state index contributed by atoms with van der Waals surface area (Å²) in [6.07, 6.45) is 8.63. The number of para-hydroxylation sites is 1. The molecule has 5 aromatic rings. The van der Waals surface area contributed by atoms with Crippen molar-refractivity contribution in [2.24, 2.45) is 7.05 Å².